The summed E-state index contributed by atoms with van der Waals surface area (Å²) in [4.78, 5) is 12.2. The van der Waals surface area contributed by atoms with Crippen LogP contribution in [0.5, 0.6) is 0 Å². The van der Waals surface area contributed by atoms with Gasteiger partial charge >= 0.3 is 5.97 Å². The molecule has 1 atom stereocenters. The topological polar surface area (TPSA) is 50.4 Å². The van der Waals surface area contributed by atoms with E-state index in [4.69, 9.17) is 27.9 Å². The molecule has 3 rings (SSSR count). The SMILES string of the molecule is O=C(Cc1ccccc1Nc1c(Cl)cccc1Cl)OCC1CCCN1. The zero-order valence-electron chi connectivity index (χ0n) is 13.7. The van der Waals surface area contributed by atoms with Crippen molar-refractivity contribution < 1.29 is 9.53 Å². The first kappa shape index (κ1) is 18.1. The maximum atomic E-state index is 12.2. The minimum atomic E-state index is -0.242. The lowest BCUT2D eigenvalue weighted by Gasteiger charge is -2.15. The summed E-state index contributed by atoms with van der Waals surface area (Å²) in [6.45, 7) is 1.42. The Morgan fingerprint density at radius 1 is 1.16 bits per heavy atom. The summed E-state index contributed by atoms with van der Waals surface area (Å²) < 4.78 is 5.40. The molecule has 6 heteroatoms. The van der Waals surface area contributed by atoms with E-state index in [0.29, 0.717) is 22.3 Å². The third-order valence-electron chi connectivity index (χ3n) is 4.18. The van der Waals surface area contributed by atoms with Crippen LogP contribution < -0.4 is 10.6 Å². The molecule has 0 radical (unpaired) electrons. The Hall–Kier alpha value is -1.75. The molecule has 0 aromatic heterocycles. The van der Waals surface area contributed by atoms with Gasteiger partial charge in [-0.3, -0.25) is 4.79 Å². The van der Waals surface area contributed by atoms with Gasteiger partial charge in [-0.25, -0.2) is 0 Å². The third kappa shape index (κ3) is 4.88. The summed E-state index contributed by atoms with van der Waals surface area (Å²) in [6, 6.07) is 13.2. The predicted octanol–water partition coefficient (Wildman–Crippen LogP) is 4.57. The molecule has 1 unspecified atom stereocenters. The maximum Gasteiger partial charge on any atom is 0.310 e. The number of hydrogen-bond donors (Lipinski definition) is 2. The molecule has 0 spiro atoms. The summed E-state index contributed by atoms with van der Waals surface area (Å²) in [6.07, 6.45) is 2.38. The van der Waals surface area contributed by atoms with Crippen LogP contribution in [0.4, 0.5) is 11.4 Å². The number of rotatable bonds is 6. The molecule has 0 amide bonds. The number of carbonyl (C=O) groups is 1. The van der Waals surface area contributed by atoms with Crippen LogP contribution >= 0.6 is 23.2 Å². The predicted molar refractivity (Wildman–Crippen MR) is 102 cm³/mol. The molecule has 0 saturated carbocycles. The van der Waals surface area contributed by atoms with E-state index in [1.165, 1.54) is 0 Å². The second-order valence-corrected chi connectivity index (χ2v) is 6.85. The Balaban J connectivity index is 1.67. The molecule has 1 aliphatic heterocycles. The number of carbonyl (C=O) groups excluding carboxylic acids is 1. The summed E-state index contributed by atoms with van der Waals surface area (Å²) in [5.41, 5.74) is 2.25. The summed E-state index contributed by atoms with van der Waals surface area (Å²) in [5.74, 6) is -0.242. The van der Waals surface area contributed by atoms with Crippen molar-refractivity contribution in [2.45, 2.75) is 25.3 Å². The number of esters is 1. The number of hydrogen-bond acceptors (Lipinski definition) is 4. The molecule has 1 fully saturated rings. The van der Waals surface area contributed by atoms with E-state index in [0.717, 1.165) is 30.6 Å². The Kier molecular flexibility index (Phi) is 6.19. The van der Waals surface area contributed by atoms with Crippen molar-refractivity contribution in [3.05, 3.63) is 58.1 Å². The molecular formula is C19H20Cl2N2O2. The smallest absolute Gasteiger partial charge is 0.310 e. The average molecular weight is 379 g/mol. The Bertz CT molecular complexity index is 726. The maximum absolute atomic E-state index is 12.2. The lowest BCUT2D eigenvalue weighted by Crippen LogP contribution is -2.28. The van der Waals surface area contributed by atoms with E-state index >= 15 is 0 Å². The summed E-state index contributed by atoms with van der Waals surface area (Å²) in [5, 5.41) is 7.59. The zero-order chi connectivity index (χ0) is 17.6. The van der Waals surface area contributed by atoms with Crippen LogP contribution in [0.3, 0.4) is 0 Å². The van der Waals surface area contributed by atoms with Gasteiger partial charge in [0, 0.05) is 11.7 Å². The van der Waals surface area contributed by atoms with Gasteiger partial charge in [-0.05, 0) is 43.1 Å². The van der Waals surface area contributed by atoms with Gasteiger partial charge in [0.15, 0.2) is 0 Å². The normalized spacial score (nSPS) is 16.6. The van der Waals surface area contributed by atoms with Gasteiger partial charge in [-0.15, -0.1) is 0 Å². The van der Waals surface area contributed by atoms with E-state index < -0.39 is 0 Å². The molecule has 1 saturated heterocycles. The fraction of sp³-hybridized carbons (Fsp3) is 0.316. The number of nitrogens with one attached hydrogen (secondary N) is 2. The quantitative estimate of drug-likeness (QED) is 0.722. The standard InChI is InChI=1S/C19H20Cl2N2O2/c20-15-7-3-8-16(21)19(15)23-17-9-2-1-5-13(17)11-18(24)25-12-14-6-4-10-22-14/h1-3,5,7-9,14,22-23H,4,6,10-12H2. The molecule has 2 N–H and O–H groups in total. The number of ether oxygens (including phenoxy) is 1. The van der Waals surface area contributed by atoms with E-state index in [1.807, 2.05) is 24.3 Å². The van der Waals surface area contributed by atoms with Crippen molar-refractivity contribution in [2.24, 2.45) is 0 Å². The molecule has 0 bridgehead atoms. The molecule has 2 aromatic carbocycles. The second kappa shape index (κ2) is 8.56. The molecule has 4 nitrogen and oxygen atoms in total. The van der Waals surface area contributed by atoms with Crippen molar-refractivity contribution in [1.29, 1.82) is 0 Å². The van der Waals surface area contributed by atoms with Gasteiger partial charge in [0.05, 0.1) is 22.2 Å². The Morgan fingerprint density at radius 2 is 1.92 bits per heavy atom. The van der Waals surface area contributed by atoms with Gasteiger partial charge < -0.3 is 15.4 Å². The van der Waals surface area contributed by atoms with Crippen molar-refractivity contribution in [3.8, 4) is 0 Å². The van der Waals surface area contributed by atoms with Crippen molar-refractivity contribution >= 4 is 40.5 Å². The van der Waals surface area contributed by atoms with Crippen LogP contribution in [-0.4, -0.2) is 25.2 Å². The minimum absolute atomic E-state index is 0.192. The highest BCUT2D eigenvalue weighted by Gasteiger charge is 2.17. The second-order valence-electron chi connectivity index (χ2n) is 6.03. The molecule has 132 valence electrons. The van der Waals surface area contributed by atoms with Gasteiger partial charge in [0.2, 0.25) is 0 Å². The van der Waals surface area contributed by atoms with Crippen LogP contribution in [0.25, 0.3) is 0 Å². The van der Waals surface area contributed by atoms with Crippen LogP contribution in [0, 0.1) is 0 Å². The van der Waals surface area contributed by atoms with E-state index in [9.17, 15) is 4.79 Å². The van der Waals surface area contributed by atoms with Crippen molar-refractivity contribution in [1.82, 2.24) is 5.32 Å². The highest BCUT2D eigenvalue weighted by Crippen LogP contribution is 2.33. The van der Waals surface area contributed by atoms with E-state index in [1.54, 1.807) is 18.2 Å². The molecule has 2 aromatic rings. The Labute approximate surface area is 157 Å². The molecule has 25 heavy (non-hydrogen) atoms. The summed E-state index contributed by atoms with van der Waals surface area (Å²) >= 11 is 12.4. The lowest BCUT2D eigenvalue weighted by atomic mass is 10.1. The first-order valence-electron chi connectivity index (χ1n) is 8.31. The lowest BCUT2D eigenvalue weighted by molar-refractivity contribution is -0.143. The van der Waals surface area contributed by atoms with Crippen LogP contribution in [-0.2, 0) is 16.0 Å². The zero-order valence-corrected chi connectivity index (χ0v) is 15.2. The number of halogens is 2. The third-order valence-corrected chi connectivity index (χ3v) is 4.81. The monoisotopic (exact) mass is 378 g/mol. The number of para-hydroxylation sites is 2. The molecule has 0 aliphatic carbocycles. The van der Waals surface area contributed by atoms with Gasteiger partial charge in [-0.1, -0.05) is 47.5 Å². The average Bonchev–Trinajstić information content (AvgIpc) is 3.11. The van der Waals surface area contributed by atoms with Crippen molar-refractivity contribution in [3.63, 3.8) is 0 Å². The largest absolute Gasteiger partial charge is 0.464 e. The molecular weight excluding hydrogens is 359 g/mol. The van der Waals surface area contributed by atoms with Crippen LogP contribution in [0.15, 0.2) is 42.5 Å². The van der Waals surface area contributed by atoms with E-state index in [2.05, 4.69) is 10.6 Å². The fourth-order valence-electron chi connectivity index (χ4n) is 2.85. The van der Waals surface area contributed by atoms with Crippen LogP contribution in [0.2, 0.25) is 10.0 Å². The van der Waals surface area contributed by atoms with Gasteiger partial charge in [0.25, 0.3) is 0 Å². The van der Waals surface area contributed by atoms with E-state index in [-0.39, 0.29) is 18.4 Å². The Morgan fingerprint density at radius 3 is 2.64 bits per heavy atom. The molecule has 1 heterocycles. The van der Waals surface area contributed by atoms with Crippen LogP contribution in [0.1, 0.15) is 18.4 Å². The first-order chi connectivity index (χ1) is 12.1. The number of anilines is 2. The number of benzene rings is 2. The highest BCUT2D eigenvalue weighted by molar-refractivity contribution is 6.39. The highest BCUT2D eigenvalue weighted by atomic mass is 35.5. The first-order valence-corrected chi connectivity index (χ1v) is 9.07. The fourth-order valence-corrected chi connectivity index (χ4v) is 3.34. The van der Waals surface area contributed by atoms with Gasteiger partial charge in [0.1, 0.15) is 6.61 Å². The molecule has 1 aliphatic rings. The minimum Gasteiger partial charge on any atom is -0.464 e. The summed E-state index contributed by atoms with van der Waals surface area (Å²) in [7, 11) is 0. The van der Waals surface area contributed by atoms with Crippen molar-refractivity contribution in [2.75, 3.05) is 18.5 Å². The van der Waals surface area contributed by atoms with Gasteiger partial charge in [-0.2, -0.15) is 0 Å².